The molecular formula is C12H16N2S2. The van der Waals surface area contributed by atoms with Gasteiger partial charge in [-0.25, -0.2) is 0 Å². The monoisotopic (exact) mass is 252 g/mol. The van der Waals surface area contributed by atoms with Crippen molar-refractivity contribution < 1.29 is 0 Å². The van der Waals surface area contributed by atoms with Gasteiger partial charge in [-0.15, -0.1) is 22.7 Å². The van der Waals surface area contributed by atoms with Crippen LogP contribution in [0.5, 0.6) is 0 Å². The van der Waals surface area contributed by atoms with Crippen molar-refractivity contribution in [3.8, 4) is 0 Å². The van der Waals surface area contributed by atoms with Crippen LogP contribution in [0.1, 0.15) is 16.7 Å². The van der Waals surface area contributed by atoms with Crippen LogP contribution in [0.3, 0.4) is 0 Å². The molecule has 4 heteroatoms. The van der Waals surface area contributed by atoms with Crippen molar-refractivity contribution in [2.24, 2.45) is 0 Å². The molecule has 2 rings (SSSR count). The lowest BCUT2D eigenvalue weighted by atomic mass is 10.1. The predicted molar refractivity (Wildman–Crippen MR) is 71.3 cm³/mol. The van der Waals surface area contributed by atoms with Crippen molar-refractivity contribution in [2.45, 2.75) is 25.8 Å². The van der Waals surface area contributed by atoms with Gasteiger partial charge in [0.25, 0.3) is 0 Å². The Morgan fingerprint density at radius 3 is 2.81 bits per heavy atom. The Morgan fingerprint density at radius 2 is 2.19 bits per heavy atom. The fourth-order valence-electron chi connectivity index (χ4n) is 1.76. The molecule has 1 N–H and O–H groups in total. The predicted octanol–water partition coefficient (Wildman–Crippen LogP) is 2.97. The highest BCUT2D eigenvalue weighted by Gasteiger charge is 2.10. The van der Waals surface area contributed by atoms with Crippen LogP contribution >= 0.6 is 22.7 Å². The zero-order chi connectivity index (χ0) is 11.2. The highest BCUT2D eigenvalue weighted by molar-refractivity contribution is 7.10. The Balaban J connectivity index is 1.94. The van der Waals surface area contributed by atoms with Gasteiger partial charge >= 0.3 is 0 Å². The fraction of sp³-hybridized carbons (Fsp3) is 0.417. The van der Waals surface area contributed by atoms with Gasteiger partial charge in [-0.05, 0) is 30.8 Å². The molecule has 86 valence electrons. The van der Waals surface area contributed by atoms with Gasteiger partial charge in [0.2, 0.25) is 0 Å². The number of rotatable bonds is 6. The van der Waals surface area contributed by atoms with Crippen LogP contribution in [0.25, 0.3) is 0 Å². The largest absolute Gasteiger partial charge is 0.314 e. The summed E-state index contributed by atoms with van der Waals surface area (Å²) in [5, 5.41) is 5.69. The summed E-state index contributed by atoms with van der Waals surface area (Å²) in [4.78, 5) is 6.94. The van der Waals surface area contributed by atoms with Crippen LogP contribution in [0.2, 0.25) is 0 Å². The maximum Gasteiger partial charge on any atom is 0.0794 e. The minimum Gasteiger partial charge on any atom is -0.314 e. The SMILES string of the molecule is CCNC(Cc1cccs1)Cc1cncs1. The van der Waals surface area contributed by atoms with Gasteiger partial charge in [0.15, 0.2) is 0 Å². The summed E-state index contributed by atoms with van der Waals surface area (Å²) < 4.78 is 0. The number of thiophene rings is 1. The lowest BCUT2D eigenvalue weighted by Crippen LogP contribution is -2.32. The fourth-order valence-corrected chi connectivity index (χ4v) is 3.23. The molecule has 0 fully saturated rings. The Hall–Kier alpha value is -0.710. The molecule has 0 saturated heterocycles. The van der Waals surface area contributed by atoms with Crippen LogP contribution in [0, 0.1) is 0 Å². The van der Waals surface area contributed by atoms with Crippen LogP contribution in [-0.4, -0.2) is 17.6 Å². The number of nitrogens with zero attached hydrogens (tertiary/aromatic N) is 1. The maximum absolute atomic E-state index is 4.13. The van der Waals surface area contributed by atoms with Gasteiger partial charge < -0.3 is 5.32 Å². The topological polar surface area (TPSA) is 24.9 Å². The van der Waals surface area contributed by atoms with Crippen molar-refractivity contribution in [3.05, 3.63) is 39.0 Å². The van der Waals surface area contributed by atoms with Crippen LogP contribution in [0.4, 0.5) is 0 Å². The molecular weight excluding hydrogens is 236 g/mol. The summed E-state index contributed by atoms with van der Waals surface area (Å²) in [6, 6.07) is 4.86. The zero-order valence-electron chi connectivity index (χ0n) is 9.35. The lowest BCUT2D eigenvalue weighted by molar-refractivity contribution is 0.527. The van der Waals surface area contributed by atoms with Crippen LogP contribution in [-0.2, 0) is 12.8 Å². The van der Waals surface area contributed by atoms with Gasteiger partial charge in [-0.2, -0.15) is 0 Å². The Bertz CT molecular complexity index is 345. The van der Waals surface area contributed by atoms with Crippen LogP contribution < -0.4 is 5.32 Å². The molecule has 0 aliphatic heterocycles. The Kier molecular flexibility index (Phi) is 4.51. The van der Waals surface area contributed by atoms with Gasteiger partial charge in [0, 0.05) is 22.0 Å². The number of aromatic nitrogens is 1. The zero-order valence-corrected chi connectivity index (χ0v) is 11.0. The number of nitrogens with one attached hydrogen (secondary N) is 1. The van der Waals surface area contributed by atoms with E-state index in [0.29, 0.717) is 6.04 Å². The highest BCUT2D eigenvalue weighted by atomic mass is 32.1. The summed E-state index contributed by atoms with van der Waals surface area (Å²) in [6.07, 6.45) is 4.17. The number of hydrogen-bond donors (Lipinski definition) is 1. The second kappa shape index (κ2) is 6.13. The van der Waals surface area contributed by atoms with E-state index in [0.717, 1.165) is 19.4 Å². The first-order valence-electron chi connectivity index (χ1n) is 5.51. The third-order valence-corrected chi connectivity index (χ3v) is 4.15. The molecule has 2 aromatic heterocycles. The van der Waals surface area contributed by atoms with Gasteiger partial charge in [0.05, 0.1) is 5.51 Å². The molecule has 2 heterocycles. The minimum absolute atomic E-state index is 0.532. The van der Waals surface area contributed by atoms with E-state index >= 15 is 0 Å². The molecule has 2 nitrogen and oxygen atoms in total. The number of likely N-dealkylation sites (N-methyl/N-ethyl adjacent to an activating group) is 1. The first kappa shape index (κ1) is 11.8. The van der Waals surface area contributed by atoms with Gasteiger partial charge in [-0.3, -0.25) is 4.98 Å². The molecule has 0 aromatic carbocycles. The smallest absolute Gasteiger partial charge is 0.0794 e. The van der Waals surface area contributed by atoms with Crippen molar-refractivity contribution >= 4 is 22.7 Å². The first-order valence-corrected chi connectivity index (χ1v) is 7.27. The van der Waals surface area contributed by atoms with E-state index in [1.54, 1.807) is 11.3 Å². The van der Waals surface area contributed by atoms with Crippen molar-refractivity contribution in [3.63, 3.8) is 0 Å². The Labute approximate surface area is 104 Å². The van der Waals surface area contributed by atoms with E-state index in [1.807, 2.05) is 23.0 Å². The van der Waals surface area contributed by atoms with Gasteiger partial charge in [0.1, 0.15) is 0 Å². The minimum atomic E-state index is 0.532. The summed E-state index contributed by atoms with van der Waals surface area (Å²) in [7, 11) is 0. The van der Waals surface area contributed by atoms with Crippen molar-refractivity contribution in [2.75, 3.05) is 6.54 Å². The summed E-state index contributed by atoms with van der Waals surface area (Å²) in [5.41, 5.74) is 1.91. The van der Waals surface area contributed by atoms with E-state index in [-0.39, 0.29) is 0 Å². The highest BCUT2D eigenvalue weighted by Crippen LogP contribution is 2.15. The van der Waals surface area contributed by atoms with E-state index < -0.39 is 0 Å². The lowest BCUT2D eigenvalue weighted by Gasteiger charge is -2.15. The van der Waals surface area contributed by atoms with E-state index in [9.17, 15) is 0 Å². The number of thiazole rings is 1. The quantitative estimate of drug-likeness (QED) is 0.855. The van der Waals surface area contributed by atoms with Crippen molar-refractivity contribution in [1.29, 1.82) is 0 Å². The van der Waals surface area contributed by atoms with E-state index in [2.05, 4.69) is 34.7 Å². The van der Waals surface area contributed by atoms with E-state index in [1.165, 1.54) is 9.75 Å². The molecule has 1 unspecified atom stereocenters. The Morgan fingerprint density at radius 1 is 1.31 bits per heavy atom. The standard InChI is InChI=1S/C12H16N2S2/c1-2-14-10(6-11-4-3-5-15-11)7-12-8-13-9-16-12/h3-5,8-10,14H,2,6-7H2,1H3. The average molecular weight is 252 g/mol. The summed E-state index contributed by atoms with van der Waals surface area (Å²) in [6.45, 7) is 3.18. The molecule has 0 aliphatic rings. The average Bonchev–Trinajstić information content (AvgIpc) is 2.91. The van der Waals surface area contributed by atoms with Crippen molar-refractivity contribution in [1.82, 2.24) is 10.3 Å². The molecule has 0 amide bonds. The second-order valence-electron chi connectivity index (χ2n) is 3.71. The normalized spacial score (nSPS) is 12.8. The molecule has 0 radical (unpaired) electrons. The summed E-state index contributed by atoms with van der Waals surface area (Å²) in [5.74, 6) is 0. The molecule has 0 bridgehead atoms. The van der Waals surface area contributed by atoms with Gasteiger partial charge in [-0.1, -0.05) is 13.0 Å². The maximum atomic E-state index is 4.13. The molecule has 0 spiro atoms. The first-order chi connectivity index (χ1) is 7.88. The molecule has 16 heavy (non-hydrogen) atoms. The molecule has 0 aliphatic carbocycles. The summed E-state index contributed by atoms with van der Waals surface area (Å²) >= 11 is 3.58. The third kappa shape index (κ3) is 3.40. The van der Waals surface area contributed by atoms with E-state index in [4.69, 9.17) is 0 Å². The molecule has 2 aromatic rings. The van der Waals surface area contributed by atoms with Crippen LogP contribution in [0.15, 0.2) is 29.2 Å². The molecule has 1 atom stereocenters. The second-order valence-corrected chi connectivity index (χ2v) is 5.71. The molecule has 0 saturated carbocycles. The third-order valence-electron chi connectivity index (χ3n) is 2.45. The number of hydrogen-bond acceptors (Lipinski definition) is 4.